The fraction of sp³-hybridized carbons (Fsp3) is 0.500. The van der Waals surface area contributed by atoms with Gasteiger partial charge in [0.25, 0.3) is 0 Å². The van der Waals surface area contributed by atoms with Crippen LogP contribution in [-0.2, 0) is 18.1 Å². The third-order valence-corrected chi connectivity index (χ3v) is 3.04. The summed E-state index contributed by atoms with van der Waals surface area (Å²) in [6, 6.07) is 0. The quantitative estimate of drug-likeness (QED) is 0.649. The number of nitrogens with zero attached hydrogens (tertiary/aromatic N) is 2. The first-order valence-corrected chi connectivity index (χ1v) is 5.13. The van der Waals surface area contributed by atoms with Crippen LogP contribution in [0.1, 0.15) is 28.7 Å². The molecule has 0 radical (unpaired) electrons. The van der Waals surface area contributed by atoms with Gasteiger partial charge in [-0.2, -0.15) is 16.9 Å². The summed E-state index contributed by atoms with van der Waals surface area (Å²) in [5.41, 5.74) is 3.03. The van der Waals surface area contributed by atoms with E-state index in [-0.39, 0.29) is 0 Å². The summed E-state index contributed by atoms with van der Waals surface area (Å²) in [7, 11) is 0. The zero-order valence-electron chi connectivity index (χ0n) is 6.91. The molecule has 2 heterocycles. The molecule has 0 saturated carbocycles. The molecule has 1 aromatic heterocycles. The molecule has 1 aromatic rings. The molecule has 4 heteroatoms. The molecular formula is C8H10N2OS. The highest BCUT2D eigenvalue weighted by Gasteiger charge is 2.21. The van der Waals surface area contributed by atoms with E-state index in [1.807, 2.05) is 18.7 Å². The number of hydrogen-bond donors (Lipinski definition) is 0. The Bertz CT molecular complexity index is 319. The number of rotatable bonds is 2. The zero-order chi connectivity index (χ0) is 8.55. The molecule has 1 aliphatic heterocycles. The molecule has 2 rings (SSSR count). The van der Waals surface area contributed by atoms with Crippen LogP contribution < -0.4 is 0 Å². The van der Waals surface area contributed by atoms with Crippen molar-refractivity contribution in [2.45, 2.75) is 25.0 Å². The SMILES string of the molecule is CCn1nc2c(c1C=O)CSC2. The minimum Gasteiger partial charge on any atom is -0.296 e. The van der Waals surface area contributed by atoms with Crippen LogP contribution in [0, 0.1) is 0 Å². The molecule has 0 N–H and O–H groups in total. The Morgan fingerprint density at radius 2 is 2.50 bits per heavy atom. The van der Waals surface area contributed by atoms with E-state index < -0.39 is 0 Å². The van der Waals surface area contributed by atoms with Crippen molar-refractivity contribution in [3.8, 4) is 0 Å². The summed E-state index contributed by atoms with van der Waals surface area (Å²) in [6.45, 7) is 2.79. The highest BCUT2D eigenvalue weighted by molar-refractivity contribution is 7.98. The van der Waals surface area contributed by atoms with Crippen LogP contribution in [0.4, 0.5) is 0 Å². The van der Waals surface area contributed by atoms with Gasteiger partial charge in [-0.1, -0.05) is 0 Å². The maximum absolute atomic E-state index is 10.7. The van der Waals surface area contributed by atoms with E-state index in [0.29, 0.717) is 0 Å². The first-order valence-electron chi connectivity index (χ1n) is 3.98. The van der Waals surface area contributed by atoms with Crippen molar-refractivity contribution in [3.63, 3.8) is 0 Å². The number of fused-ring (bicyclic) bond motifs is 1. The van der Waals surface area contributed by atoms with Crippen molar-refractivity contribution in [3.05, 3.63) is 17.0 Å². The van der Waals surface area contributed by atoms with Crippen molar-refractivity contribution in [2.24, 2.45) is 0 Å². The van der Waals surface area contributed by atoms with E-state index in [1.54, 1.807) is 4.68 Å². The van der Waals surface area contributed by atoms with Crippen LogP contribution in [0.5, 0.6) is 0 Å². The molecule has 1 aliphatic rings. The Kier molecular flexibility index (Phi) is 1.92. The predicted molar refractivity (Wildman–Crippen MR) is 48.3 cm³/mol. The molecule has 0 spiro atoms. The van der Waals surface area contributed by atoms with Gasteiger partial charge in [-0.3, -0.25) is 9.48 Å². The lowest BCUT2D eigenvalue weighted by Crippen LogP contribution is -2.02. The molecule has 0 amide bonds. The monoisotopic (exact) mass is 182 g/mol. The number of aryl methyl sites for hydroxylation is 1. The smallest absolute Gasteiger partial charge is 0.168 e. The number of aromatic nitrogens is 2. The van der Waals surface area contributed by atoms with E-state index in [9.17, 15) is 4.79 Å². The molecule has 12 heavy (non-hydrogen) atoms. The lowest BCUT2D eigenvalue weighted by atomic mass is 10.2. The van der Waals surface area contributed by atoms with Gasteiger partial charge in [0, 0.05) is 23.6 Å². The number of thioether (sulfide) groups is 1. The number of carbonyl (C=O) groups is 1. The molecule has 0 saturated heterocycles. The molecule has 0 atom stereocenters. The maximum atomic E-state index is 10.7. The van der Waals surface area contributed by atoms with E-state index >= 15 is 0 Å². The summed E-state index contributed by atoms with van der Waals surface area (Å²) >= 11 is 1.82. The van der Waals surface area contributed by atoms with Crippen LogP contribution in [-0.4, -0.2) is 16.1 Å². The van der Waals surface area contributed by atoms with E-state index in [2.05, 4.69) is 5.10 Å². The van der Waals surface area contributed by atoms with Crippen molar-refractivity contribution < 1.29 is 4.79 Å². The molecule has 0 bridgehead atoms. The molecule has 0 fully saturated rings. The third kappa shape index (κ3) is 0.982. The normalized spacial score (nSPS) is 14.8. The highest BCUT2D eigenvalue weighted by atomic mass is 32.2. The Morgan fingerprint density at radius 1 is 1.67 bits per heavy atom. The minimum atomic E-state index is 0.775. The van der Waals surface area contributed by atoms with Crippen molar-refractivity contribution in [1.29, 1.82) is 0 Å². The molecule has 0 unspecified atom stereocenters. The number of hydrogen-bond acceptors (Lipinski definition) is 3. The standard InChI is InChI=1S/C8H10N2OS/c1-2-10-8(3-11)6-4-12-5-7(6)9-10/h3H,2,4-5H2,1H3. The lowest BCUT2D eigenvalue weighted by Gasteiger charge is -1.98. The topological polar surface area (TPSA) is 34.9 Å². The van der Waals surface area contributed by atoms with Gasteiger partial charge in [-0.05, 0) is 6.92 Å². The summed E-state index contributed by atoms with van der Waals surface area (Å²) in [5.74, 6) is 1.91. The summed E-state index contributed by atoms with van der Waals surface area (Å²) in [4.78, 5) is 10.7. The van der Waals surface area contributed by atoms with Crippen LogP contribution in [0.25, 0.3) is 0 Å². The van der Waals surface area contributed by atoms with Gasteiger partial charge in [-0.25, -0.2) is 0 Å². The molecule has 0 aromatic carbocycles. The fourth-order valence-corrected chi connectivity index (χ4v) is 2.51. The predicted octanol–water partition coefficient (Wildman–Crippen LogP) is 1.46. The van der Waals surface area contributed by atoms with Gasteiger partial charge in [0.05, 0.1) is 5.69 Å². The van der Waals surface area contributed by atoms with Crippen molar-refractivity contribution in [2.75, 3.05) is 0 Å². The van der Waals surface area contributed by atoms with Gasteiger partial charge in [0.15, 0.2) is 6.29 Å². The van der Waals surface area contributed by atoms with Crippen LogP contribution in [0.15, 0.2) is 0 Å². The average molecular weight is 182 g/mol. The highest BCUT2D eigenvalue weighted by Crippen LogP contribution is 2.30. The summed E-state index contributed by atoms with van der Waals surface area (Å²) in [5, 5.41) is 4.34. The second-order valence-corrected chi connectivity index (χ2v) is 3.72. The first-order chi connectivity index (χ1) is 5.86. The molecule has 0 aliphatic carbocycles. The van der Waals surface area contributed by atoms with Crippen LogP contribution in [0.2, 0.25) is 0 Å². The number of aldehydes is 1. The van der Waals surface area contributed by atoms with E-state index in [1.165, 1.54) is 0 Å². The molecular weight excluding hydrogens is 172 g/mol. The summed E-state index contributed by atoms with van der Waals surface area (Å²) in [6.07, 6.45) is 0.918. The average Bonchev–Trinajstić information content (AvgIpc) is 2.61. The van der Waals surface area contributed by atoms with Gasteiger partial charge in [-0.15, -0.1) is 0 Å². The van der Waals surface area contributed by atoms with E-state index in [0.717, 1.165) is 41.3 Å². The largest absolute Gasteiger partial charge is 0.296 e. The van der Waals surface area contributed by atoms with Gasteiger partial charge >= 0.3 is 0 Å². The molecule has 3 nitrogen and oxygen atoms in total. The fourth-order valence-electron chi connectivity index (χ4n) is 1.46. The Balaban J connectivity index is 2.53. The minimum absolute atomic E-state index is 0.775. The Labute approximate surface area is 75.1 Å². The Morgan fingerprint density at radius 3 is 3.17 bits per heavy atom. The van der Waals surface area contributed by atoms with Crippen LogP contribution >= 0.6 is 11.8 Å². The zero-order valence-corrected chi connectivity index (χ0v) is 7.73. The van der Waals surface area contributed by atoms with Gasteiger partial charge < -0.3 is 0 Å². The lowest BCUT2D eigenvalue weighted by molar-refractivity contribution is 0.111. The number of carbonyl (C=O) groups excluding carboxylic acids is 1. The Hall–Kier alpha value is -0.770. The second-order valence-electron chi connectivity index (χ2n) is 2.74. The molecule has 64 valence electrons. The van der Waals surface area contributed by atoms with Crippen molar-refractivity contribution in [1.82, 2.24) is 9.78 Å². The summed E-state index contributed by atoms with van der Waals surface area (Å²) < 4.78 is 1.79. The van der Waals surface area contributed by atoms with Crippen molar-refractivity contribution >= 4 is 18.0 Å². The van der Waals surface area contributed by atoms with Crippen LogP contribution in [0.3, 0.4) is 0 Å². The second kappa shape index (κ2) is 2.94. The van der Waals surface area contributed by atoms with E-state index in [4.69, 9.17) is 0 Å². The maximum Gasteiger partial charge on any atom is 0.168 e. The third-order valence-electron chi connectivity index (χ3n) is 2.07. The van der Waals surface area contributed by atoms with Gasteiger partial charge in [0.1, 0.15) is 5.69 Å². The first kappa shape index (κ1) is 7.86. The van der Waals surface area contributed by atoms with Gasteiger partial charge in [0.2, 0.25) is 0 Å².